The Hall–Kier alpha value is -2.12. The predicted molar refractivity (Wildman–Crippen MR) is 114 cm³/mol. The number of hydrogen-bond donors (Lipinski definition) is 1. The average Bonchev–Trinajstić information content (AvgIpc) is 3.15. The molecule has 7 nitrogen and oxygen atoms in total. The molecule has 0 bridgehead atoms. The maximum atomic E-state index is 6.11. The summed E-state index contributed by atoms with van der Waals surface area (Å²) in [4.78, 5) is 9.65. The summed E-state index contributed by atoms with van der Waals surface area (Å²) in [5.41, 5.74) is 1.27. The Bertz CT molecular complexity index is 765. The molecule has 0 aliphatic carbocycles. The molecule has 0 atom stereocenters. The average molecular weight is 404 g/mol. The Kier molecular flexibility index (Phi) is 7.68. The molecule has 0 amide bonds. The van der Waals surface area contributed by atoms with Crippen LogP contribution in [0.25, 0.3) is 0 Å². The Morgan fingerprint density at radius 1 is 1.21 bits per heavy atom. The standard InChI is InChI=1S/C20H30ClN7/c1-3-19-25-24-16-28(19)9-8-23-20(22-4-2)27-12-10-26(11-13-27)15-17-6-5-7-18(21)14-17/h5-7,14,16H,3-4,8-13,15H2,1-2H3,(H,22,23). The van der Waals surface area contributed by atoms with Crippen LogP contribution in [0, 0.1) is 0 Å². The van der Waals surface area contributed by atoms with Crippen molar-refractivity contribution in [1.82, 2.24) is 29.9 Å². The number of nitrogens with one attached hydrogen (secondary N) is 1. The highest BCUT2D eigenvalue weighted by Gasteiger charge is 2.19. The zero-order chi connectivity index (χ0) is 19.8. The van der Waals surface area contributed by atoms with Crippen LogP contribution in [0.3, 0.4) is 0 Å². The number of aliphatic imine (C=N–C) groups is 1. The molecule has 28 heavy (non-hydrogen) atoms. The minimum absolute atomic E-state index is 0.718. The van der Waals surface area contributed by atoms with Crippen molar-refractivity contribution in [2.24, 2.45) is 4.99 Å². The van der Waals surface area contributed by atoms with Crippen LogP contribution >= 0.6 is 11.6 Å². The lowest BCUT2D eigenvalue weighted by molar-refractivity contribution is 0.172. The quantitative estimate of drug-likeness (QED) is 0.567. The molecule has 0 saturated carbocycles. The molecule has 2 heterocycles. The number of aromatic nitrogens is 3. The van der Waals surface area contributed by atoms with Crippen molar-refractivity contribution in [3.8, 4) is 0 Å². The van der Waals surface area contributed by atoms with E-state index in [1.807, 2.05) is 12.1 Å². The molecule has 3 rings (SSSR count). The molecule has 1 saturated heterocycles. The zero-order valence-electron chi connectivity index (χ0n) is 16.8. The molecule has 2 aromatic rings. The fourth-order valence-electron chi connectivity index (χ4n) is 3.44. The van der Waals surface area contributed by atoms with Crippen molar-refractivity contribution in [2.75, 3.05) is 39.3 Å². The fourth-order valence-corrected chi connectivity index (χ4v) is 3.65. The van der Waals surface area contributed by atoms with Gasteiger partial charge in [-0.15, -0.1) is 10.2 Å². The largest absolute Gasteiger partial charge is 0.357 e. The van der Waals surface area contributed by atoms with E-state index < -0.39 is 0 Å². The van der Waals surface area contributed by atoms with Gasteiger partial charge in [0.05, 0.1) is 6.54 Å². The Balaban J connectivity index is 1.52. The minimum Gasteiger partial charge on any atom is -0.357 e. The molecule has 1 fully saturated rings. The van der Waals surface area contributed by atoms with Crippen LogP contribution in [-0.2, 0) is 19.5 Å². The van der Waals surface area contributed by atoms with Gasteiger partial charge in [0.2, 0.25) is 0 Å². The molecule has 8 heteroatoms. The van der Waals surface area contributed by atoms with E-state index in [4.69, 9.17) is 16.6 Å². The Morgan fingerprint density at radius 2 is 2.04 bits per heavy atom. The summed E-state index contributed by atoms with van der Waals surface area (Å²) < 4.78 is 2.08. The molecule has 1 aromatic carbocycles. The molecule has 0 radical (unpaired) electrons. The topological polar surface area (TPSA) is 61.6 Å². The van der Waals surface area contributed by atoms with Crippen LogP contribution in [0.2, 0.25) is 5.02 Å². The number of guanidine groups is 1. The highest BCUT2D eigenvalue weighted by molar-refractivity contribution is 6.30. The maximum Gasteiger partial charge on any atom is 0.194 e. The third kappa shape index (κ3) is 5.69. The summed E-state index contributed by atoms with van der Waals surface area (Å²) in [7, 11) is 0. The van der Waals surface area contributed by atoms with Crippen molar-refractivity contribution in [1.29, 1.82) is 0 Å². The van der Waals surface area contributed by atoms with Crippen LogP contribution < -0.4 is 5.32 Å². The minimum atomic E-state index is 0.718. The smallest absolute Gasteiger partial charge is 0.194 e. The molecule has 1 aliphatic heterocycles. The van der Waals surface area contributed by atoms with Crippen molar-refractivity contribution in [3.63, 3.8) is 0 Å². The summed E-state index contributed by atoms with van der Waals surface area (Å²) in [6.07, 6.45) is 2.67. The van der Waals surface area contributed by atoms with Gasteiger partial charge in [-0.25, -0.2) is 0 Å². The first-order valence-corrected chi connectivity index (χ1v) is 10.4. The lowest BCUT2D eigenvalue weighted by atomic mass is 10.2. The van der Waals surface area contributed by atoms with Gasteiger partial charge in [0.15, 0.2) is 5.96 Å². The molecule has 152 valence electrons. The van der Waals surface area contributed by atoms with Crippen LogP contribution in [0.5, 0.6) is 0 Å². The van der Waals surface area contributed by atoms with E-state index in [1.54, 1.807) is 6.33 Å². The summed E-state index contributed by atoms with van der Waals surface area (Å²) in [6.45, 7) is 11.5. The van der Waals surface area contributed by atoms with E-state index in [-0.39, 0.29) is 0 Å². The summed E-state index contributed by atoms with van der Waals surface area (Å²) in [6, 6.07) is 8.13. The number of nitrogens with zero attached hydrogens (tertiary/aromatic N) is 6. The molecular weight excluding hydrogens is 374 g/mol. The lowest BCUT2D eigenvalue weighted by Gasteiger charge is -2.36. The van der Waals surface area contributed by atoms with E-state index in [0.29, 0.717) is 0 Å². The predicted octanol–water partition coefficient (Wildman–Crippen LogP) is 2.28. The molecule has 1 aliphatic rings. The first kappa shape index (κ1) is 20.6. The number of halogens is 1. The van der Waals surface area contributed by atoms with E-state index in [0.717, 1.165) is 75.6 Å². The van der Waals surface area contributed by atoms with Gasteiger partial charge in [0.25, 0.3) is 0 Å². The normalized spacial score (nSPS) is 15.8. The molecule has 1 N–H and O–H groups in total. The van der Waals surface area contributed by atoms with Crippen molar-refractivity contribution >= 4 is 17.6 Å². The monoisotopic (exact) mass is 403 g/mol. The number of benzene rings is 1. The lowest BCUT2D eigenvalue weighted by Crippen LogP contribution is -2.52. The number of rotatable bonds is 7. The number of hydrogen-bond acceptors (Lipinski definition) is 4. The second kappa shape index (κ2) is 10.4. The van der Waals surface area contributed by atoms with E-state index >= 15 is 0 Å². The second-order valence-electron chi connectivity index (χ2n) is 6.92. The van der Waals surface area contributed by atoms with Gasteiger partial charge in [-0.05, 0) is 24.6 Å². The summed E-state index contributed by atoms with van der Waals surface area (Å²) >= 11 is 6.11. The van der Waals surface area contributed by atoms with Gasteiger partial charge in [-0.1, -0.05) is 30.7 Å². The van der Waals surface area contributed by atoms with Crippen LogP contribution in [-0.4, -0.2) is 69.8 Å². The Labute approximate surface area is 172 Å². The first-order chi connectivity index (χ1) is 13.7. The summed E-state index contributed by atoms with van der Waals surface area (Å²) in [5.74, 6) is 2.01. The van der Waals surface area contributed by atoms with Gasteiger partial charge >= 0.3 is 0 Å². The first-order valence-electron chi connectivity index (χ1n) is 10.1. The van der Waals surface area contributed by atoms with Crippen LogP contribution in [0.1, 0.15) is 25.2 Å². The molecule has 0 unspecified atom stereocenters. The van der Waals surface area contributed by atoms with E-state index in [2.05, 4.69) is 55.9 Å². The molecule has 0 spiro atoms. The number of aryl methyl sites for hydroxylation is 1. The van der Waals surface area contributed by atoms with Crippen molar-refractivity contribution in [2.45, 2.75) is 33.4 Å². The van der Waals surface area contributed by atoms with Gasteiger partial charge < -0.3 is 14.8 Å². The van der Waals surface area contributed by atoms with Gasteiger partial charge in [0, 0.05) is 57.3 Å². The zero-order valence-corrected chi connectivity index (χ0v) is 17.6. The van der Waals surface area contributed by atoms with Crippen molar-refractivity contribution in [3.05, 3.63) is 47.0 Å². The van der Waals surface area contributed by atoms with Gasteiger partial charge in [-0.2, -0.15) is 0 Å². The Morgan fingerprint density at radius 3 is 2.75 bits per heavy atom. The van der Waals surface area contributed by atoms with Gasteiger partial charge in [0.1, 0.15) is 12.2 Å². The SMILES string of the molecule is CCNC(=NCCn1cnnc1CC)N1CCN(Cc2cccc(Cl)c2)CC1. The summed E-state index contributed by atoms with van der Waals surface area (Å²) in [5, 5.41) is 12.4. The van der Waals surface area contributed by atoms with Crippen molar-refractivity contribution < 1.29 is 0 Å². The third-order valence-corrected chi connectivity index (χ3v) is 5.15. The second-order valence-corrected chi connectivity index (χ2v) is 7.36. The van der Waals surface area contributed by atoms with Crippen LogP contribution in [0.15, 0.2) is 35.6 Å². The maximum absolute atomic E-state index is 6.11. The molecule has 1 aromatic heterocycles. The fraction of sp³-hybridized carbons (Fsp3) is 0.550. The third-order valence-electron chi connectivity index (χ3n) is 4.92. The van der Waals surface area contributed by atoms with Crippen LogP contribution in [0.4, 0.5) is 0 Å². The van der Waals surface area contributed by atoms with Gasteiger partial charge in [-0.3, -0.25) is 9.89 Å². The molecular formula is C20H30ClN7. The highest BCUT2D eigenvalue weighted by atomic mass is 35.5. The number of piperazine rings is 1. The van der Waals surface area contributed by atoms with E-state index in [9.17, 15) is 0 Å². The highest BCUT2D eigenvalue weighted by Crippen LogP contribution is 2.14. The van der Waals surface area contributed by atoms with E-state index in [1.165, 1.54) is 5.56 Å².